The second-order valence-electron chi connectivity index (χ2n) is 5.21. The molecule has 0 spiro atoms. The minimum atomic E-state index is -4.34. The van der Waals surface area contributed by atoms with Crippen molar-refractivity contribution in [2.24, 2.45) is 0 Å². The molecule has 0 saturated heterocycles. The van der Waals surface area contributed by atoms with E-state index in [9.17, 15) is 13.2 Å². The molecule has 0 bridgehead atoms. The number of alkyl halides is 4. The molecule has 21 heavy (non-hydrogen) atoms. The Morgan fingerprint density at radius 3 is 2.33 bits per heavy atom. The van der Waals surface area contributed by atoms with Crippen LogP contribution in [0.5, 0.6) is 0 Å². The largest absolute Gasteiger partial charge is 0.416 e. The van der Waals surface area contributed by atoms with Crippen molar-refractivity contribution in [1.82, 2.24) is 0 Å². The molecule has 2 aromatic rings. The van der Waals surface area contributed by atoms with Gasteiger partial charge in [0.15, 0.2) is 0 Å². The molecule has 4 heteroatoms. The third-order valence-electron chi connectivity index (χ3n) is 3.56. The molecule has 0 aliphatic heterocycles. The first-order valence-electron chi connectivity index (χ1n) is 6.65. The van der Waals surface area contributed by atoms with Gasteiger partial charge < -0.3 is 0 Å². The van der Waals surface area contributed by atoms with Crippen molar-refractivity contribution in [2.45, 2.75) is 31.8 Å². The topological polar surface area (TPSA) is 0 Å². The number of benzene rings is 2. The van der Waals surface area contributed by atoms with Crippen LogP contribution in [0.3, 0.4) is 0 Å². The second kappa shape index (κ2) is 6.10. The highest BCUT2D eigenvalue weighted by molar-refractivity contribution is 6.20. The Labute approximate surface area is 127 Å². The molecule has 0 aliphatic carbocycles. The van der Waals surface area contributed by atoms with Gasteiger partial charge in [-0.05, 0) is 48.6 Å². The van der Waals surface area contributed by atoms with Gasteiger partial charge in [0.05, 0.1) is 10.9 Å². The highest BCUT2D eigenvalue weighted by Gasteiger charge is 2.30. The van der Waals surface area contributed by atoms with E-state index in [-0.39, 0.29) is 0 Å². The van der Waals surface area contributed by atoms with Crippen molar-refractivity contribution >= 4 is 11.6 Å². The molecule has 0 aliphatic rings. The van der Waals surface area contributed by atoms with Crippen molar-refractivity contribution in [3.8, 4) is 0 Å². The number of aryl methyl sites for hydroxylation is 2. The Kier molecular flexibility index (Phi) is 4.62. The first-order valence-corrected chi connectivity index (χ1v) is 7.08. The van der Waals surface area contributed by atoms with E-state index in [1.165, 1.54) is 11.6 Å². The van der Waals surface area contributed by atoms with E-state index >= 15 is 0 Å². The molecule has 0 heterocycles. The molecule has 2 aromatic carbocycles. The summed E-state index contributed by atoms with van der Waals surface area (Å²) in [4.78, 5) is 0. The molecule has 1 unspecified atom stereocenters. The van der Waals surface area contributed by atoms with Crippen LogP contribution < -0.4 is 0 Å². The Balaban J connectivity index is 2.20. The van der Waals surface area contributed by atoms with Crippen LogP contribution in [0.25, 0.3) is 0 Å². The van der Waals surface area contributed by atoms with Crippen LogP contribution in [0, 0.1) is 13.8 Å². The maximum Gasteiger partial charge on any atom is 0.416 e. The van der Waals surface area contributed by atoms with Gasteiger partial charge in [-0.3, -0.25) is 0 Å². The highest BCUT2D eigenvalue weighted by Crippen LogP contribution is 2.33. The Bertz CT molecular complexity index is 632. The predicted octanol–water partition coefficient (Wildman–Crippen LogP) is 5.84. The van der Waals surface area contributed by atoms with Gasteiger partial charge in [-0.1, -0.05) is 36.4 Å². The van der Waals surface area contributed by atoms with Crippen molar-refractivity contribution in [3.05, 3.63) is 70.3 Å². The molecule has 1 atom stereocenters. The molecule has 0 aromatic heterocycles. The Morgan fingerprint density at radius 1 is 1.00 bits per heavy atom. The zero-order chi connectivity index (χ0) is 15.6. The van der Waals surface area contributed by atoms with Crippen LogP contribution in [0.15, 0.2) is 42.5 Å². The van der Waals surface area contributed by atoms with E-state index in [0.717, 1.165) is 23.3 Å². The van der Waals surface area contributed by atoms with E-state index in [4.69, 9.17) is 11.6 Å². The van der Waals surface area contributed by atoms with Gasteiger partial charge >= 0.3 is 6.18 Å². The van der Waals surface area contributed by atoms with Gasteiger partial charge in [-0.2, -0.15) is 13.2 Å². The van der Waals surface area contributed by atoms with Crippen LogP contribution in [0.4, 0.5) is 13.2 Å². The van der Waals surface area contributed by atoms with E-state index in [1.807, 2.05) is 32.0 Å². The fraction of sp³-hybridized carbons (Fsp3) is 0.294. The van der Waals surface area contributed by atoms with Crippen molar-refractivity contribution < 1.29 is 13.2 Å². The van der Waals surface area contributed by atoms with Gasteiger partial charge in [-0.25, -0.2) is 0 Å². The summed E-state index contributed by atoms with van der Waals surface area (Å²) in [6, 6.07) is 11.2. The minimum absolute atomic E-state index is 0.477. The first kappa shape index (κ1) is 15.9. The highest BCUT2D eigenvalue weighted by atomic mass is 35.5. The molecule has 2 rings (SSSR count). The zero-order valence-corrected chi connectivity index (χ0v) is 12.6. The smallest absolute Gasteiger partial charge is 0.166 e. The normalized spacial score (nSPS) is 13.2. The van der Waals surface area contributed by atoms with Crippen LogP contribution >= 0.6 is 11.6 Å². The summed E-state index contributed by atoms with van der Waals surface area (Å²) in [6.07, 6.45) is -3.84. The number of hydrogen-bond acceptors (Lipinski definition) is 0. The number of hydrogen-bond donors (Lipinski definition) is 0. The fourth-order valence-electron chi connectivity index (χ4n) is 2.17. The minimum Gasteiger partial charge on any atom is -0.166 e. The molecule has 0 radical (unpaired) electrons. The second-order valence-corrected chi connectivity index (χ2v) is 5.74. The van der Waals surface area contributed by atoms with E-state index in [2.05, 4.69) is 0 Å². The molecule has 0 saturated carbocycles. The van der Waals surface area contributed by atoms with Crippen molar-refractivity contribution in [3.63, 3.8) is 0 Å². The lowest BCUT2D eigenvalue weighted by Gasteiger charge is -2.14. The summed E-state index contributed by atoms with van der Waals surface area (Å²) in [5.74, 6) is 0. The lowest BCUT2D eigenvalue weighted by molar-refractivity contribution is -0.137. The SMILES string of the molecule is Cc1ccc(CC(Cl)c2cccc(C(F)(F)F)c2)cc1C. The van der Waals surface area contributed by atoms with Crippen LogP contribution in [0.2, 0.25) is 0 Å². The van der Waals surface area contributed by atoms with E-state index in [0.29, 0.717) is 12.0 Å². The zero-order valence-electron chi connectivity index (χ0n) is 11.8. The summed E-state index contributed by atoms with van der Waals surface area (Å²) < 4.78 is 38.1. The summed E-state index contributed by atoms with van der Waals surface area (Å²) in [5.41, 5.74) is 3.19. The third-order valence-corrected chi connectivity index (χ3v) is 3.97. The predicted molar refractivity (Wildman–Crippen MR) is 79.7 cm³/mol. The molecule has 0 amide bonds. The maximum absolute atomic E-state index is 12.7. The molecule has 112 valence electrons. The van der Waals surface area contributed by atoms with Gasteiger partial charge in [0.2, 0.25) is 0 Å². The molecule has 0 N–H and O–H groups in total. The standard InChI is InChI=1S/C17H16ClF3/c1-11-6-7-13(8-12(11)2)9-16(18)14-4-3-5-15(10-14)17(19,20)21/h3-8,10,16H,9H2,1-2H3. The molecular formula is C17H16ClF3. The number of halogens is 4. The third kappa shape index (κ3) is 4.01. The maximum atomic E-state index is 12.7. The molecule has 0 nitrogen and oxygen atoms in total. The average molecular weight is 313 g/mol. The van der Waals surface area contributed by atoms with Crippen LogP contribution in [0.1, 0.15) is 33.2 Å². The van der Waals surface area contributed by atoms with Gasteiger partial charge in [0, 0.05) is 0 Å². The Hall–Kier alpha value is -1.48. The Morgan fingerprint density at radius 2 is 1.71 bits per heavy atom. The first-order chi connectivity index (χ1) is 9.77. The summed E-state index contributed by atoms with van der Waals surface area (Å²) in [5, 5.41) is -0.477. The van der Waals surface area contributed by atoms with Gasteiger partial charge in [-0.15, -0.1) is 11.6 Å². The summed E-state index contributed by atoms with van der Waals surface area (Å²) in [7, 11) is 0. The molecule has 0 fully saturated rings. The monoisotopic (exact) mass is 312 g/mol. The van der Waals surface area contributed by atoms with Crippen LogP contribution in [-0.2, 0) is 12.6 Å². The lowest BCUT2D eigenvalue weighted by atomic mass is 9.99. The quantitative estimate of drug-likeness (QED) is 0.624. The van der Waals surface area contributed by atoms with Crippen molar-refractivity contribution in [1.29, 1.82) is 0 Å². The van der Waals surface area contributed by atoms with Gasteiger partial charge in [0.1, 0.15) is 0 Å². The fourth-order valence-corrected chi connectivity index (χ4v) is 2.48. The van der Waals surface area contributed by atoms with Crippen molar-refractivity contribution in [2.75, 3.05) is 0 Å². The number of rotatable bonds is 3. The summed E-state index contributed by atoms with van der Waals surface area (Å²) >= 11 is 6.29. The van der Waals surface area contributed by atoms with E-state index < -0.39 is 17.1 Å². The van der Waals surface area contributed by atoms with E-state index in [1.54, 1.807) is 6.07 Å². The van der Waals surface area contributed by atoms with Crippen LogP contribution in [-0.4, -0.2) is 0 Å². The van der Waals surface area contributed by atoms with Gasteiger partial charge in [0.25, 0.3) is 0 Å². The molecular weight excluding hydrogens is 297 g/mol. The lowest BCUT2D eigenvalue weighted by Crippen LogP contribution is -2.06. The summed E-state index contributed by atoms with van der Waals surface area (Å²) in [6.45, 7) is 4.02. The average Bonchev–Trinajstić information content (AvgIpc) is 2.42.